The van der Waals surface area contributed by atoms with Crippen LogP contribution in [0, 0.1) is 5.82 Å². The Kier molecular flexibility index (Phi) is 6.53. The fraction of sp³-hybridized carbons (Fsp3) is 0.136. The number of benzene rings is 3. The van der Waals surface area contributed by atoms with Gasteiger partial charge in [-0.2, -0.15) is 0 Å². The molecule has 0 bridgehead atoms. The number of halogens is 1. The smallest absolute Gasteiger partial charge is 0.240 e. The minimum Gasteiger partial charge on any atom is -0.293 e. The van der Waals surface area contributed by atoms with Crippen molar-refractivity contribution < 1.29 is 17.6 Å². The maximum Gasteiger partial charge on any atom is 0.240 e. The lowest BCUT2D eigenvalue weighted by Crippen LogP contribution is -2.29. The van der Waals surface area contributed by atoms with Gasteiger partial charge in [-0.1, -0.05) is 60.7 Å². The van der Waals surface area contributed by atoms with Crippen molar-refractivity contribution in [1.29, 1.82) is 0 Å². The first-order valence-corrected chi connectivity index (χ1v) is 10.5. The molecule has 3 rings (SSSR count). The zero-order valence-corrected chi connectivity index (χ0v) is 16.5. The van der Waals surface area contributed by atoms with Gasteiger partial charge in [0.1, 0.15) is 10.7 Å². The summed E-state index contributed by atoms with van der Waals surface area (Å²) in [6.45, 7) is 1.11. The minimum atomic E-state index is -4.26. The van der Waals surface area contributed by atoms with E-state index in [-0.39, 0.29) is 17.9 Å². The van der Waals surface area contributed by atoms with Crippen molar-refractivity contribution in [3.05, 3.63) is 101 Å². The topological polar surface area (TPSA) is 80.5 Å². The van der Waals surface area contributed by atoms with Gasteiger partial charge >= 0.3 is 0 Å². The number of hydrogen-bond donors (Lipinski definition) is 1. The van der Waals surface area contributed by atoms with Gasteiger partial charge in [0.2, 0.25) is 10.0 Å². The lowest BCUT2D eigenvalue weighted by molar-refractivity contribution is 0.0920. The van der Waals surface area contributed by atoms with E-state index >= 15 is 0 Å². The van der Waals surface area contributed by atoms with E-state index in [2.05, 4.69) is 0 Å². The van der Waals surface area contributed by atoms with Crippen molar-refractivity contribution in [1.82, 2.24) is 4.90 Å². The van der Waals surface area contributed by atoms with Crippen molar-refractivity contribution >= 4 is 15.8 Å². The third kappa shape index (κ3) is 5.80. The molecule has 7 heteroatoms. The molecule has 0 aliphatic carbocycles. The highest BCUT2D eigenvalue weighted by Gasteiger charge is 2.19. The van der Waals surface area contributed by atoms with Crippen molar-refractivity contribution in [2.24, 2.45) is 5.14 Å². The number of rotatable bonds is 8. The number of primary sulfonamides is 1. The average molecular weight is 412 g/mol. The fourth-order valence-corrected chi connectivity index (χ4v) is 3.67. The van der Waals surface area contributed by atoms with E-state index < -0.39 is 20.7 Å². The molecular formula is C22H21FN2O3S. The number of sulfonamides is 1. The summed E-state index contributed by atoms with van der Waals surface area (Å²) in [7, 11) is -4.26. The van der Waals surface area contributed by atoms with Crippen LogP contribution in [0.4, 0.5) is 4.39 Å². The van der Waals surface area contributed by atoms with Crippen LogP contribution in [0.5, 0.6) is 0 Å². The molecule has 0 atom stereocenters. The summed E-state index contributed by atoms with van der Waals surface area (Å²) in [6, 6.07) is 22.7. The predicted octanol–water partition coefficient (Wildman–Crippen LogP) is 3.36. The van der Waals surface area contributed by atoms with Crippen LogP contribution in [0.15, 0.2) is 83.8 Å². The van der Waals surface area contributed by atoms with Crippen LogP contribution in [-0.2, 0) is 23.1 Å². The van der Waals surface area contributed by atoms with Gasteiger partial charge in [0, 0.05) is 18.7 Å². The summed E-state index contributed by atoms with van der Waals surface area (Å²) < 4.78 is 36.9. The molecule has 29 heavy (non-hydrogen) atoms. The molecule has 0 fully saturated rings. The first-order chi connectivity index (χ1) is 13.8. The molecule has 3 aromatic rings. The Hall–Kier alpha value is -2.87. The molecule has 0 amide bonds. The number of Topliss-reactive ketones (excluding diaryl/α,β-unsaturated/α-hetero) is 1. The monoisotopic (exact) mass is 412 g/mol. The summed E-state index contributed by atoms with van der Waals surface area (Å²) in [6.07, 6.45) is 0. The number of hydrogen-bond acceptors (Lipinski definition) is 4. The molecule has 0 unspecified atom stereocenters. The number of carbonyl (C=O) groups excluding carboxylic acids is 1. The Morgan fingerprint density at radius 1 is 0.862 bits per heavy atom. The summed E-state index contributed by atoms with van der Waals surface area (Å²) in [5, 5.41) is 5.04. The Morgan fingerprint density at radius 2 is 1.38 bits per heavy atom. The molecule has 3 aromatic carbocycles. The van der Waals surface area contributed by atoms with Crippen LogP contribution in [0.3, 0.4) is 0 Å². The number of carbonyl (C=O) groups is 1. The average Bonchev–Trinajstić information content (AvgIpc) is 2.69. The molecule has 2 N–H and O–H groups in total. The molecule has 150 valence electrons. The third-order valence-electron chi connectivity index (χ3n) is 4.42. The first kappa shape index (κ1) is 20.9. The Morgan fingerprint density at radius 3 is 1.86 bits per heavy atom. The normalized spacial score (nSPS) is 11.6. The third-order valence-corrected chi connectivity index (χ3v) is 5.35. The number of ketones is 1. The van der Waals surface area contributed by atoms with Gasteiger partial charge in [-0.15, -0.1) is 0 Å². The van der Waals surface area contributed by atoms with Gasteiger partial charge in [-0.25, -0.2) is 17.9 Å². The second-order valence-corrected chi connectivity index (χ2v) is 8.26. The van der Waals surface area contributed by atoms with Crippen molar-refractivity contribution in [3.63, 3.8) is 0 Å². The van der Waals surface area contributed by atoms with Gasteiger partial charge < -0.3 is 0 Å². The van der Waals surface area contributed by atoms with Crippen LogP contribution in [0.2, 0.25) is 0 Å². The van der Waals surface area contributed by atoms with Gasteiger partial charge in [0.15, 0.2) is 5.78 Å². The Balaban J connectivity index is 1.84. The molecule has 5 nitrogen and oxygen atoms in total. The predicted molar refractivity (Wildman–Crippen MR) is 109 cm³/mol. The summed E-state index contributed by atoms with van der Waals surface area (Å²) >= 11 is 0. The highest BCUT2D eigenvalue weighted by Crippen LogP contribution is 2.17. The SMILES string of the molecule is NS(=O)(=O)c1cc(C(=O)CN(Cc2ccccc2)Cc2ccccc2)ccc1F. The van der Waals surface area contributed by atoms with E-state index in [1.807, 2.05) is 65.6 Å². The maximum absolute atomic E-state index is 13.8. The Bertz CT molecular complexity index is 1050. The second-order valence-electron chi connectivity index (χ2n) is 6.73. The maximum atomic E-state index is 13.8. The van der Waals surface area contributed by atoms with Crippen molar-refractivity contribution in [2.45, 2.75) is 18.0 Å². The largest absolute Gasteiger partial charge is 0.293 e. The van der Waals surface area contributed by atoms with Gasteiger partial charge in [0.05, 0.1) is 6.54 Å². The zero-order valence-electron chi connectivity index (χ0n) is 15.7. The molecule has 0 aliphatic heterocycles. The first-order valence-electron chi connectivity index (χ1n) is 8.99. The lowest BCUT2D eigenvalue weighted by atomic mass is 10.1. The van der Waals surface area contributed by atoms with Crippen LogP contribution in [0.1, 0.15) is 21.5 Å². The molecule has 0 radical (unpaired) electrons. The molecular weight excluding hydrogens is 391 g/mol. The van der Waals surface area contributed by atoms with Crippen LogP contribution in [0.25, 0.3) is 0 Å². The van der Waals surface area contributed by atoms with Gasteiger partial charge in [-0.3, -0.25) is 9.69 Å². The molecule has 0 saturated carbocycles. The van der Waals surface area contributed by atoms with E-state index in [0.717, 1.165) is 23.3 Å². The van der Waals surface area contributed by atoms with Gasteiger partial charge in [0.25, 0.3) is 0 Å². The van der Waals surface area contributed by atoms with Crippen LogP contribution in [-0.4, -0.2) is 25.6 Å². The van der Waals surface area contributed by atoms with E-state index in [4.69, 9.17) is 5.14 Å². The lowest BCUT2D eigenvalue weighted by Gasteiger charge is -2.22. The molecule has 0 aliphatic rings. The second kappa shape index (κ2) is 9.09. The van der Waals surface area contributed by atoms with E-state index in [0.29, 0.717) is 13.1 Å². The number of nitrogens with zero attached hydrogens (tertiary/aromatic N) is 1. The van der Waals surface area contributed by atoms with Gasteiger partial charge in [-0.05, 0) is 29.3 Å². The Labute approximate surface area is 169 Å². The van der Waals surface area contributed by atoms with Crippen LogP contribution < -0.4 is 5.14 Å². The highest BCUT2D eigenvalue weighted by atomic mass is 32.2. The molecule has 0 heterocycles. The summed E-state index contributed by atoms with van der Waals surface area (Å²) in [4.78, 5) is 14.1. The standard InChI is InChI=1S/C22H21FN2O3S/c23-20-12-11-19(13-22(20)29(24,27)28)21(26)16-25(14-17-7-3-1-4-8-17)15-18-9-5-2-6-10-18/h1-13H,14-16H2,(H2,24,27,28). The van der Waals surface area contributed by atoms with Crippen LogP contribution >= 0.6 is 0 Å². The zero-order chi connectivity index (χ0) is 20.9. The molecule has 0 aromatic heterocycles. The number of nitrogens with two attached hydrogens (primary N) is 1. The highest BCUT2D eigenvalue weighted by molar-refractivity contribution is 7.89. The summed E-state index contributed by atoms with van der Waals surface area (Å²) in [5.41, 5.74) is 2.18. The fourth-order valence-electron chi connectivity index (χ4n) is 3.04. The molecule has 0 saturated heterocycles. The van der Waals surface area contributed by atoms with Crippen molar-refractivity contribution in [2.75, 3.05) is 6.54 Å². The summed E-state index contributed by atoms with van der Waals surface area (Å²) in [5.74, 6) is -1.30. The van der Waals surface area contributed by atoms with E-state index in [1.54, 1.807) is 0 Å². The van der Waals surface area contributed by atoms with E-state index in [1.165, 1.54) is 6.07 Å². The van der Waals surface area contributed by atoms with E-state index in [9.17, 15) is 17.6 Å². The minimum absolute atomic E-state index is 0.0412. The quantitative estimate of drug-likeness (QED) is 0.576. The molecule has 0 spiro atoms. The van der Waals surface area contributed by atoms with Crippen molar-refractivity contribution in [3.8, 4) is 0 Å².